The Morgan fingerprint density at radius 1 is 1.20 bits per heavy atom. The monoisotopic (exact) mass is 476 g/mol. The van der Waals surface area contributed by atoms with E-state index in [1.54, 1.807) is 13.3 Å². The summed E-state index contributed by atoms with van der Waals surface area (Å²) < 4.78 is 11.7. The van der Waals surface area contributed by atoms with Crippen molar-refractivity contribution in [3.8, 4) is 22.8 Å². The summed E-state index contributed by atoms with van der Waals surface area (Å²) in [5.41, 5.74) is 2.43. The number of piperazine rings is 1. The molecule has 1 saturated heterocycles. The van der Waals surface area contributed by atoms with Crippen molar-refractivity contribution in [2.75, 3.05) is 52.2 Å². The van der Waals surface area contributed by atoms with Gasteiger partial charge in [0.05, 0.1) is 18.8 Å². The molecule has 2 aliphatic carbocycles. The summed E-state index contributed by atoms with van der Waals surface area (Å²) in [5.74, 6) is 2.43. The molecule has 2 N–H and O–H groups in total. The minimum absolute atomic E-state index is 0.0665. The van der Waals surface area contributed by atoms with Crippen LogP contribution in [0.2, 0.25) is 0 Å². The second-order valence-corrected chi connectivity index (χ2v) is 10.0. The SMILES string of the molecule is COc1nccc(OC2CC2)c1-c1c[nH]c2nc(NC(=O)[C@@H]3C[C@H]3CN3CCN(C)CC3)ccc12. The van der Waals surface area contributed by atoms with Gasteiger partial charge in [-0.2, -0.15) is 0 Å². The normalized spacial score (nSPS) is 22.8. The first-order valence-corrected chi connectivity index (χ1v) is 12.5. The number of rotatable bonds is 8. The van der Waals surface area contributed by atoms with Crippen molar-refractivity contribution in [1.29, 1.82) is 0 Å². The summed E-state index contributed by atoms with van der Waals surface area (Å²) >= 11 is 0. The van der Waals surface area contributed by atoms with Crippen LogP contribution in [0.5, 0.6) is 11.6 Å². The van der Waals surface area contributed by atoms with Crippen molar-refractivity contribution in [3.63, 3.8) is 0 Å². The molecule has 0 bridgehead atoms. The fourth-order valence-corrected chi connectivity index (χ4v) is 4.93. The number of nitrogens with one attached hydrogen (secondary N) is 2. The van der Waals surface area contributed by atoms with Crippen LogP contribution >= 0.6 is 0 Å². The number of likely N-dealkylation sites (N-methyl/N-ethyl adjacent to an activating group) is 1. The molecule has 3 aromatic heterocycles. The third kappa shape index (κ3) is 4.70. The Morgan fingerprint density at radius 3 is 2.80 bits per heavy atom. The van der Waals surface area contributed by atoms with Crippen LogP contribution in [0.3, 0.4) is 0 Å². The number of hydrogen-bond acceptors (Lipinski definition) is 7. The van der Waals surface area contributed by atoms with E-state index < -0.39 is 0 Å². The van der Waals surface area contributed by atoms with Crippen LogP contribution in [-0.2, 0) is 4.79 Å². The molecular formula is C26H32N6O3. The maximum atomic E-state index is 12.8. The number of carbonyl (C=O) groups excluding carboxylic acids is 1. The van der Waals surface area contributed by atoms with Crippen LogP contribution in [0, 0.1) is 11.8 Å². The van der Waals surface area contributed by atoms with Crippen molar-refractivity contribution in [1.82, 2.24) is 24.8 Å². The molecule has 9 heteroatoms. The zero-order chi connectivity index (χ0) is 23.9. The quantitative estimate of drug-likeness (QED) is 0.516. The van der Waals surface area contributed by atoms with Gasteiger partial charge >= 0.3 is 0 Å². The van der Waals surface area contributed by atoms with Crippen molar-refractivity contribution in [2.45, 2.75) is 25.4 Å². The molecule has 1 amide bonds. The number of ether oxygens (including phenoxy) is 2. The largest absolute Gasteiger partial charge is 0.490 e. The lowest BCUT2D eigenvalue weighted by Crippen LogP contribution is -2.45. The lowest BCUT2D eigenvalue weighted by Gasteiger charge is -2.32. The molecule has 0 unspecified atom stereocenters. The van der Waals surface area contributed by atoms with Crippen molar-refractivity contribution in [3.05, 3.63) is 30.6 Å². The highest BCUT2D eigenvalue weighted by molar-refractivity contribution is 5.99. The summed E-state index contributed by atoms with van der Waals surface area (Å²) in [7, 11) is 3.78. The summed E-state index contributed by atoms with van der Waals surface area (Å²) in [5, 5.41) is 3.95. The summed E-state index contributed by atoms with van der Waals surface area (Å²) in [6.07, 6.45) is 6.95. The fraction of sp³-hybridized carbons (Fsp3) is 0.500. The van der Waals surface area contributed by atoms with Crippen LogP contribution in [0.4, 0.5) is 5.82 Å². The molecule has 3 aromatic rings. The topological polar surface area (TPSA) is 95.6 Å². The Labute approximate surface area is 204 Å². The molecule has 6 rings (SSSR count). The lowest BCUT2D eigenvalue weighted by atomic mass is 10.1. The van der Waals surface area contributed by atoms with Gasteiger partial charge in [-0.15, -0.1) is 0 Å². The molecule has 2 atom stereocenters. The Morgan fingerprint density at radius 2 is 2.03 bits per heavy atom. The van der Waals surface area contributed by atoms with E-state index in [9.17, 15) is 4.79 Å². The van der Waals surface area contributed by atoms with Crippen LogP contribution in [0.15, 0.2) is 30.6 Å². The van der Waals surface area contributed by atoms with Gasteiger partial charge in [0.2, 0.25) is 11.8 Å². The maximum absolute atomic E-state index is 12.8. The van der Waals surface area contributed by atoms with Crippen LogP contribution in [0.1, 0.15) is 19.3 Å². The van der Waals surface area contributed by atoms with Crippen molar-refractivity contribution < 1.29 is 14.3 Å². The van der Waals surface area contributed by atoms with Gasteiger partial charge in [-0.3, -0.25) is 4.79 Å². The van der Waals surface area contributed by atoms with E-state index >= 15 is 0 Å². The number of fused-ring (bicyclic) bond motifs is 1. The minimum Gasteiger partial charge on any atom is -0.490 e. The number of hydrogen-bond donors (Lipinski definition) is 2. The standard InChI is InChI=1S/C26H32N6O3/c1-31-9-11-32(12-10-31)15-16-13-19(16)25(33)30-22-6-5-18-20(14-28-24(18)29-22)23-21(35-17-3-4-17)7-8-27-26(23)34-2/h5-8,14,16-17,19H,3-4,9-13,15H2,1-2H3,(H2,28,29,30,33)/t16-,19+/m0/s1. The van der Waals surface area contributed by atoms with Crippen LogP contribution in [-0.4, -0.2) is 83.6 Å². The highest BCUT2D eigenvalue weighted by atomic mass is 16.5. The van der Waals surface area contributed by atoms with E-state index in [-0.39, 0.29) is 17.9 Å². The molecule has 0 radical (unpaired) electrons. The molecule has 4 heterocycles. The van der Waals surface area contributed by atoms with Gasteiger partial charge in [-0.25, -0.2) is 9.97 Å². The van der Waals surface area contributed by atoms with Gasteiger partial charge in [0.1, 0.15) is 17.2 Å². The molecule has 0 spiro atoms. The van der Waals surface area contributed by atoms with Crippen molar-refractivity contribution in [2.24, 2.45) is 11.8 Å². The minimum atomic E-state index is 0.0665. The van der Waals surface area contributed by atoms with E-state index in [2.05, 4.69) is 37.1 Å². The predicted molar refractivity (Wildman–Crippen MR) is 134 cm³/mol. The predicted octanol–water partition coefficient (Wildman–Crippen LogP) is 3.00. The molecule has 35 heavy (non-hydrogen) atoms. The zero-order valence-electron chi connectivity index (χ0n) is 20.3. The molecule has 9 nitrogen and oxygen atoms in total. The maximum Gasteiger partial charge on any atom is 0.228 e. The number of H-pyrrole nitrogens is 1. The highest BCUT2D eigenvalue weighted by Crippen LogP contribution is 2.43. The lowest BCUT2D eigenvalue weighted by molar-refractivity contribution is -0.117. The van der Waals surface area contributed by atoms with E-state index in [1.807, 2.05) is 24.4 Å². The number of methoxy groups -OCH3 is 1. The third-order valence-corrected chi connectivity index (χ3v) is 7.30. The second kappa shape index (κ2) is 9.13. The third-order valence-electron chi connectivity index (χ3n) is 7.30. The number of aromatic amines is 1. The smallest absolute Gasteiger partial charge is 0.228 e. The molecule has 184 valence electrons. The van der Waals surface area contributed by atoms with Gasteiger partial charge in [-0.05, 0) is 50.4 Å². The Kier molecular flexibility index (Phi) is 5.82. The van der Waals surface area contributed by atoms with Gasteiger partial charge in [-0.1, -0.05) is 0 Å². The number of amides is 1. The molecule has 1 aliphatic heterocycles. The number of anilines is 1. The first-order chi connectivity index (χ1) is 17.1. The first-order valence-electron chi connectivity index (χ1n) is 12.5. The average Bonchev–Trinajstić information content (AvgIpc) is 3.79. The van der Waals surface area contributed by atoms with Gasteiger partial charge < -0.3 is 29.6 Å². The molecule has 3 fully saturated rings. The molecule has 2 saturated carbocycles. The molecular weight excluding hydrogens is 444 g/mol. The summed E-state index contributed by atoms with van der Waals surface area (Å²) in [6.45, 7) is 5.39. The average molecular weight is 477 g/mol. The van der Waals surface area contributed by atoms with Gasteiger partial charge in [0.15, 0.2) is 0 Å². The Balaban J connectivity index is 1.16. The summed E-state index contributed by atoms with van der Waals surface area (Å²) in [4.78, 5) is 30.0. The second-order valence-electron chi connectivity index (χ2n) is 10.0. The zero-order valence-corrected chi connectivity index (χ0v) is 20.3. The number of pyridine rings is 2. The fourth-order valence-electron chi connectivity index (χ4n) is 4.93. The number of nitrogens with zero attached hydrogens (tertiary/aromatic N) is 4. The van der Waals surface area contributed by atoms with Crippen LogP contribution in [0.25, 0.3) is 22.2 Å². The summed E-state index contributed by atoms with van der Waals surface area (Å²) in [6, 6.07) is 5.72. The van der Waals surface area contributed by atoms with Crippen LogP contribution < -0.4 is 14.8 Å². The Bertz CT molecular complexity index is 1230. The first kappa shape index (κ1) is 22.3. The van der Waals surface area contributed by atoms with Crippen molar-refractivity contribution >= 4 is 22.8 Å². The van der Waals surface area contributed by atoms with E-state index in [1.165, 1.54) is 0 Å². The molecule has 3 aliphatic rings. The molecule has 0 aromatic carbocycles. The van der Waals surface area contributed by atoms with E-state index in [0.29, 0.717) is 23.3 Å². The highest BCUT2D eigenvalue weighted by Gasteiger charge is 2.44. The van der Waals surface area contributed by atoms with E-state index in [4.69, 9.17) is 9.47 Å². The van der Waals surface area contributed by atoms with Gasteiger partial charge in [0, 0.05) is 62.0 Å². The number of aromatic nitrogens is 3. The van der Waals surface area contributed by atoms with Gasteiger partial charge in [0.25, 0.3) is 0 Å². The number of carbonyl (C=O) groups is 1. The van der Waals surface area contributed by atoms with E-state index in [0.717, 1.165) is 74.2 Å². The Hall–Kier alpha value is -3.17.